The summed E-state index contributed by atoms with van der Waals surface area (Å²) in [4.78, 5) is 48.0. The van der Waals surface area contributed by atoms with E-state index in [1.165, 1.54) is 7.05 Å². The van der Waals surface area contributed by atoms with Gasteiger partial charge in [0.25, 0.3) is 5.56 Å². The Labute approximate surface area is 232 Å². The van der Waals surface area contributed by atoms with Gasteiger partial charge in [-0.25, -0.2) is 14.6 Å². The number of rotatable bonds is 5. The first-order valence-corrected chi connectivity index (χ1v) is 13.5. The second-order valence-electron chi connectivity index (χ2n) is 11.2. The van der Waals surface area contributed by atoms with Crippen LogP contribution in [0.5, 0.6) is 5.75 Å². The van der Waals surface area contributed by atoms with Crippen molar-refractivity contribution < 1.29 is 14.3 Å². The number of benzene rings is 2. The number of H-pyrrole nitrogens is 1. The SMILES string of the molecule is Cn1c(=O)[nH]c2nc(-c3ccccc3OCc3ccccc3)cc(C3CCCN(C(=O)OC(C)(C)C)C3)c2c1=O. The van der Waals surface area contributed by atoms with E-state index in [0.717, 1.165) is 34.1 Å². The number of aromatic nitrogens is 3. The van der Waals surface area contributed by atoms with Gasteiger partial charge in [-0.2, -0.15) is 0 Å². The summed E-state index contributed by atoms with van der Waals surface area (Å²) in [6, 6.07) is 19.3. The summed E-state index contributed by atoms with van der Waals surface area (Å²) in [5, 5.41) is 0.351. The molecule has 0 radical (unpaired) electrons. The predicted octanol–water partition coefficient (Wildman–Crippen LogP) is 4.98. The number of piperidine rings is 1. The lowest BCUT2D eigenvalue weighted by Crippen LogP contribution is -2.42. The molecule has 1 amide bonds. The number of aromatic amines is 1. The molecule has 1 saturated heterocycles. The van der Waals surface area contributed by atoms with Crippen molar-refractivity contribution in [3.63, 3.8) is 0 Å². The summed E-state index contributed by atoms with van der Waals surface area (Å²) in [6.07, 6.45) is 1.15. The van der Waals surface area contributed by atoms with Crippen molar-refractivity contribution in [1.29, 1.82) is 0 Å². The molecule has 208 valence electrons. The molecule has 9 heteroatoms. The third-order valence-corrected chi connectivity index (χ3v) is 7.01. The standard InChI is InChI=1S/C31H34N4O5/c1-31(2,3)40-30(38)35-16-10-13-21(18-35)23-17-24(32-27-26(23)28(36)34(4)29(37)33-27)22-14-8-9-15-25(22)39-19-20-11-6-5-7-12-20/h5-9,11-12,14-15,17,21H,10,13,16,18-19H2,1-4H3,(H,32,33,37). The third-order valence-electron chi connectivity index (χ3n) is 7.01. The van der Waals surface area contributed by atoms with Gasteiger partial charge in [0.05, 0.1) is 11.1 Å². The van der Waals surface area contributed by atoms with Crippen LogP contribution in [0.4, 0.5) is 4.79 Å². The van der Waals surface area contributed by atoms with E-state index >= 15 is 0 Å². The Balaban J connectivity index is 1.58. The fourth-order valence-corrected chi connectivity index (χ4v) is 5.05. The second-order valence-corrected chi connectivity index (χ2v) is 11.2. The zero-order valence-corrected chi connectivity index (χ0v) is 23.3. The maximum Gasteiger partial charge on any atom is 0.410 e. The van der Waals surface area contributed by atoms with Crippen molar-refractivity contribution in [2.24, 2.45) is 7.05 Å². The Kier molecular flexibility index (Phi) is 7.47. The number of carbonyl (C=O) groups excluding carboxylic acids is 1. The van der Waals surface area contributed by atoms with Gasteiger partial charge in [-0.05, 0) is 62.9 Å². The minimum absolute atomic E-state index is 0.151. The zero-order chi connectivity index (χ0) is 28.4. The van der Waals surface area contributed by atoms with Crippen LogP contribution in [-0.4, -0.2) is 44.2 Å². The summed E-state index contributed by atoms with van der Waals surface area (Å²) < 4.78 is 12.9. The first kappa shape index (κ1) is 27.2. The molecule has 5 rings (SSSR count). The van der Waals surface area contributed by atoms with Gasteiger partial charge in [0.15, 0.2) is 0 Å². The number of nitrogens with zero attached hydrogens (tertiary/aromatic N) is 3. The van der Waals surface area contributed by atoms with Crippen LogP contribution >= 0.6 is 0 Å². The molecule has 2 aromatic heterocycles. The van der Waals surface area contributed by atoms with Crippen LogP contribution in [0, 0.1) is 0 Å². The lowest BCUT2D eigenvalue weighted by Gasteiger charge is -2.34. The smallest absolute Gasteiger partial charge is 0.410 e. The van der Waals surface area contributed by atoms with Gasteiger partial charge in [0, 0.05) is 31.6 Å². The van der Waals surface area contributed by atoms with Gasteiger partial charge in [0.1, 0.15) is 23.6 Å². The number of ether oxygens (including phenoxy) is 2. The molecule has 9 nitrogen and oxygen atoms in total. The number of likely N-dealkylation sites (tertiary alicyclic amines) is 1. The molecule has 1 fully saturated rings. The molecule has 1 unspecified atom stereocenters. The van der Waals surface area contributed by atoms with E-state index in [9.17, 15) is 14.4 Å². The molecule has 1 N–H and O–H groups in total. The number of para-hydroxylation sites is 1. The molecule has 0 aliphatic carbocycles. The molecule has 0 spiro atoms. The van der Waals surface area contributed by atoms with Crippen molar-refractivity contribution in [1.82, 2.24) is 19.4 Å². The fourth-order valence-electron chi connectivity index (χ4n) is 5.05. The first-order chi connectivity index (χ1) is 19.1. The van der Waals surface area contributed by atoms with E-state index in [1.54, 1.807) is 4.90 Å². The number of hydrogen-bond acceptors (Lipinski definition) is 6. The van der Waals surface area contributed by atoms with E-state index in [1.807, 2.05) is 81.4 Å². The summed E-state index contributed by atoms with van der Waals surface area (Å²) in [5.74, 6) is 0.482. The van der Waals surface area contributed by atoms with Crippen LogP contribution in [-0.2, 0) is 18.4 Å². The molecule has 0 saturated carbocycles. The van der Waals surface area contributed by atoms with E-state index in [2.05, 4.69) is 4.98 Å². The average molecular weight is 543 g/mol. The van der Waals surface area contributed by atoms with Crippen molar-refractivity contribution in [2.75, 3.05) is 13.1 Å². The first-order valence-electron chi connectivity index (χ1n) is 13.5. The number of amides is 1. The molecule has 2 aromatic carbocycles. The van der Waals surface area contributed by atoms with Crippen LogP contribution < -0.4 is 16.0 Å². The van der Waals surface area contributed by atoms with Crippen molar-refractivity contribution in [3.05, 3.63) is 92.6 Å². The minimum Gasteiger partial charge on any atom is -0.488 e. The van der Waals surface area contributed by atoms with Crippen molar-refractivity contribution in [3.8, 4) is 17.0 Å². The maximum atomic E-state index is 13.4. The molecule has 4 aromatic rings. The third kappa shape index (κ3) is 5.78. The highest BCUT2D eigenvalue weighted by atomic mass is 16.6. The highest BCUT2D eigenvalue weighted by Crippen LogP contribution is 2.36. The number of hydrogen-bond donors (Lipinski definition) is 1. The van der Waals surface area contributed by atoms with Gasteiger partial charge in [-0.1, -0.05) is 42.5 Å². The fraction of sp³-hybridized carbons (Fsp3) is 0.355. The van der Waals surface area contributed by atoms with Crippen LogP contribution in [0.3, 0.4) is 0 Å². The van der Waals surface area contributed by atoms with Crippen LogP contribution in [0.2, 0.25) is 0 Å². The quantitative estimate of drug-likeness (QED) is 0.381. The normalized spacial score (nSPS) is 15.7. The largest absolute Gasteiger partial charge is 0.488 e. The van der Waals surface area contributed by atoms with E-state index < -0.39 is 16.9 Å². The maximum absolute atomic E-state index is 13.4. The van der Waals surface area contributed by atoms with Crippen LogP contribution in [0.1, 0.15) is 50.7 Å². The highest BCUT2D eigenvalue weighted by Gasteiger charge is 2.30. The highest BCUT2D eigenvalue weighted by molar-refractivity contribution is 5.83. The minimum atomic E-state index is -0.612. The lowest BCUT2D eigenvalue weighted by atomic mass is 9.88. The Morgan fingerprint density at radius 3 is 2.55 bits per heavy atom. The number of fused-ring (bicyclic) bond motifs is 1. The molecule has 1 atom stereocenters. The molecular formula is C31H34N4O5. The average Bonchev–Trinajstić information content (AvgIpc) is 2.94. The number of pyridine rings is 1. The van der Waals surface area contributed by atoms with Crippen molar-refractivity contribution >= 4 is 17.1 Å². The predicted molar refractivity (Wildman–Crippen MR) is 154 cm³/mol. The van der Waals surface area contributed by atoms with Crippen LogP contribution in [0.15, 0.2) is 70.3 Å². The van der Waals surface area contributed by atoms with E-state index in [-0.39, 0.29) is 17.7 Å². The number of carbonyl (C=O) groups is 1. The second kappa shape index (κ2) is 11.0. The van der Waals surface area contributed by atoms with Crippen LogP contribution in [0.25, 0.3) is 22.3 Å². The molecule has 1 aliphatic heterocycles. The lowest BCUT2D eigenvalue weighted by molar-refractivity contribution is 0.0198. The van der Waals surface area contributed by atoms with Gasteiger partial charge in [-0.15, -0.1) is 0 Å². The van der Waals surface area contributed by atoms with Crippen molar-refractivity contribution in [2.45, 2.75) is 51.7 Å². The molecule has 40 heavy (non-hydrogen) atoms. The Morgan fingerprint density at radius 1 is 1.07 bits per heavy atom. The summed E-state index contributed by atoms with van der Waals surface area (Å²) in [7, 11) is 1.44. The van der Waals surface area contributed by atoms with Gasteiger partial charge in [0.2, 0.25) is 0 Å². The topological polar surface area (TPSA) is 107 Å². The summed E-state index contributed by atoms with van der Waals surface area (Å²) in [6.45, 7) is 6.86. The monoisotopic (exact) mass is 542 g/mol. The van der Waals surface area contributed by atoms with Gasteiger partial charge < -0.3 is 14.4 Å². The Hall–Kier alpha value is -4.40. The zero-order valence-electron chi connectivity index (χ0n) is 23.3. The Morgan fingerprint density at radius 2 is 1.80 bits per heavy atom. The molecule has 0 bridgehead atoms. The summed E-state index contributed by atoms with van der Waals surface area (Å²) in [5.41, 5.74) is 1.72. The summed E-state index contributed by atoms with van der Waals surface area (Å²) >= 11 is 0. The Bertz CT molecular complexity index is 1650. The molecule has 1 aliphatic rings. The molecular weight excluding hydrogens is 508 g/mol. The van der Waals surface area contributed by atoms with Gasteiger partial charge >= 0.3 is 11.8 Å². The molecule has 3 heterocycles. The van der Waals surface area contributed by atoms with Gasteiger partial charge in [-0.3, -0.25) is 14.3 Å². The van der Waals surface area contributed by atoms with E-state index in [0.29, 0.717) is 36.5 Å². The number of nitrogens with one attached hydrogen (secondary N) is 1. The van der Waals surface area contributed by atoms with E-state index in [4.69, 9.17) is 14.5 Å².